The van der Waals surface area contributed by atoms with Crippen LogP contribution in [0.25, 0.3) is 22.3 Å². The molecule has 8 nitrogen and oxygen atoms in total. The number of esters is 4. The lowest BCUT2D eigenvalue weighted by Crippen LogP contribution is -2.15. The van der Waals surface area contributed by atoms with Crippen LogP contribution in [0.1, 0.15) is 133 Å². The molecule has 0 saturated carbocycles. The third kappa shape index (κ3) is 13.5. The van der Waals surface area contributed by atoms with E-state index in [1.165, 1.54) is 43.9 Å². The number of hydrogen-bond donors (Lipinski definition) is 0. The van der Waals surface area contributed by atoms with Crippen molar-refractivity contribution in [2.75, 3.05) is 0 Å². The summed E-state index contributed by atoms with van der Waals surface area (Å²) in [4.78, 5) is 51.3. The van der Waals surface area contributed by atoms with Crippen LogP contribution in [0.3, 0.4) is 0 Å². The molecule has 0 N–H and O–H groups in total. The molecule has 308 valence electrons. The highest BCUT2D eigenvalue weighted by atomic mass is 79.9. The van der Waals surface area contributed by atoms with Crippen molar-refractivity contribution in [2.24, 2.45) is 0 Å². The van der Waals surface area contributed by atoms with Crippen molar-refractivity contribution in [3.8, 4) is 33.8 Å². The van der Waals surface area contributed by atoms with Gasteiger partial charge in [0.25, 0.3) is 0 Å². The molecule has 2 atom stereocenters. The molecule has 0 saturated heterocycles. The van der Waals surface area contributed by atoms with Gasteiger partial charge in [-0.15, -0.1) is 0 Å². The average molecular weight is 862 g/mol. The fraction of sp³-hybridized carbons (Fsp3) is 0.320. The first-order valence-corrected chi connectivity index (χ1v) is 21.4. The van der Waals surface area contributed by atoms with E-state index in [1.54, 1.807) is 48.5 Å². The second kappa shape index (κ2) is 22.6. The summed E-state index contributed by atoms with van der Waals surface area (Å²) in [6.45, 7) is 8.21. The van der Waals surface area contributed by atoms with Crippen LogP contribution in [-0.4, -0.2) is 36.1 Å². The van der Waals surface area contributed by atoms with Crippen molar-refractivity contribution in [1.29, 1.82) is 0 Å². The van der Waals surface area contributed by atoms with Gasteiger partial charge in [0.1, 0.15) is 11.5 Å². The van der Waals surface area contributed by atoms with Gasteiger partial charge in [0.05, 0.1) is 34.5 Å². The van der Waals surface area contributed by atoms with Crippen molar-refractivity contribution < 1.29 is 38.1 Å². The quantitative estimate of drug-likeness (QED) is 0.0433. The van der Waals surface area contributed by atoms with Crippen LogP contribution in [-0.2, 0) is 9.47 Å². The van der Waals surface area contributed by atoms with Crippen molar-refractivity contribution in [1.82, 2.24) is 0 Å². The molecule has 0 bridgehead atoms. The Bertz CT molecular complexity index is 2140. The van der Waals surface area contributed by atoms with Gasteiger partial charge in [-0.1, -0.05) is 101 Å². The highest BCUT2D eigenvalue weighted by Gasteiger charge is 2.18. The van der Waals surface area contributed by atoms with E-state index in [0.717, 1.165) is 60.8 Å². The summed E-state index contributed by atoms with van der Waals surface area (Å²) in [6, 6.07) is 33.1. The summed E-state index contributed by atoms with van der Waals surface area (Å²) < 4.78 is 22.9. The Morgan fingerprint density at radius 1 is 0.458 bits per heavy atom. The number of ether oxygens (including phenoxy) is 4. The molecular formula is C50H53BrO8. The van der Waals surface area contributed by atoms with Crippen LogP contribution >= 0.6 is 15.9 Å². The van der Waals surface area contributed by atoms with Gasteiger partial charge in [0.15, 0.2) is 0 Å². The van der Waals surface area contributed by atoms with Gasteiger partial charge in [0.2, 0.25) is 0 Å². The number of halogens is 1. The Morgan fingerprint density at radius 3 is 1.22 bits per heavy atom. The molecule has 0 aliphatic rings. The molecule has 0 aliphatic carbocycles. The predicted octanol–water partition coefficient (Wildman–Crippen LogP) is 13.3. The zero-order chi connectivity index (χ0) is 42.1. The third-order valence-corrected chi connectivity index (χ3v) is 10.7. The van der Waals surface area contributed by atoms with Crippen molar-refractivity contribution in [3.63, 3.8) is 0 Å². The Morgan fingerprint density at radius 2 is 0.831 bits per heavy atom. The molecule has 0 radical (unpaired) electrons. The van der Waals surface area contributed by atoms with E-state index in [-0.39, 0.29) is 35.3 Å². The maximum Gasteiger partial charge on any atom is 0.344 e. The van der Waals surface area contributed by atoms with Crippen molar-refractivity contribution >= 4 is 39.8 Å². The molecule has 5 aromatic carbocycles. The molecule has 0 aromatic heterocycles. The normalized spacial score (nSPS) is 11.9. The Labute approximate surface area is 356 Å². The zero-order valence-corrected chi connectivity index (χ0v) is 35.9. The van der Waals surface area contributed by atoms with E-state index in [0.29, 0.717) is 27.1 Å². The summed E-state index contributed by atoms with van der Waals surface area (Å²) in [5, 5.41) is 0. The Hall–Kier alpha value is -5.54. The number of carbonyl (C=O) groups excluding carboxylic acids is 4. The van der Waals surface area contributed by atoms with Crippen LogP contribution in [0.4, 0.5) is 0 Å². The lowest BCUT2D eigenvalue weighted by Gasteiger charge is -2.13. The molecule has 0 spiro atoms. The number of rotatable bonds is 20. The first-order valence-electron chi connectivity index (χ1n) is 20.6. The van der Waals surface area contributed by atoms with Crippen LogP contribution in [0.2, 0.25) is 0 Å². The number of unbranched alkanes of at least 4 members (excludes halogenated alkanes) is 6. The molecule has 5 rings (SSSR count). The van der Waals surface area contributed by atoms with Crippen molar-refractivity contribution in [2.45, 2.75) is 104 Å². The summed E-state index contributed by atoms with van der Waals surface area (Å²) in [5.41, 5.74) is 5.06. The molecule has 0 unspecified atom stereocenters. The monoisotopic (exact) mass is 860 g/mol. The lowest BCUT2D eigenvalue weighted by atomic mass is 10.0. The minimum absolute atomic E-state index is 0.128. The number of carbonyl (C=O) groups is 4. The van der Waals surface area contributed by atoms with E-state index in [9.17, 15) is 19.2 Å². The number of benzene rings is 5. The maximum absolute atomic E-state index is 13.1. The van der Waals surface area contributed by atoms with Crippen LogP contribution in [0.15, 0.2) is 120 Å². The molecule has 0 amide bonds. The Balaban J connectivity index is 1.10. The minimum atomic E-state index is -0.597. The lowest BCUT2D eigenvalue weighted by molar-refractivity contribution is 0.0309. The predicted molar refractivity (Wildman–Crippen MR) is 235 cm³/mol. The van der Waals surface area contributed by atoms with Gasteiger partial charge in [-0.3, -0.25) is 0 Å². The first kappa shape index (κ1) is 44.6. The number of hydrogen-bond acceptors (Lipinski definition) is 8. The topological polar surface area (TPSA) is 105 Å². The van der Waals surface area contributed by atoms with Gasteiger partial charge in [-0.25, -0.2) is 19.2 Å². The van der Waals surface area contributed by atoms with E-state index >= 15 is 0 Å². The molecule has 0 heterocycles. The first-order chi connectivity index (χ1) is 28.5. The van der Waals surface area contributed by atoms with Gasteiger partial charge in [0, 0.05) is 4.47 Å². The van der Waals surface area contributed by atoms with Gasteiger partial charge in [-0.05, 0) is 144 Å². The Kier molecular flexibility index (Phi) is 17.0. The second-order valence-electron chi connectivity index (χ2n) is 14.8. The fourth-order valence-electron chi connectivity index (χ4n) is 6.50. The fourth-order valence-corrected chi connectivity index (χ4v) is 7.04. The third-order valence-electron chi connectivity index (χ3n) is 10.0. The average Bonchev–Trinajstić information content (AvgIpc) is 3.24. The van der Waals surface area contributed by atoms with E-state index in [1.807, 2.05) is 62.4 Å². The summed E-state index contributed by atoms with van der Waals surface area (Å²) in [5.74, 6) is -1.15. The molecule has 9 heteroatoms. The zero-order valence-electron chi connectivity index (χ0n) is 34.3. The SMILES string of the molecule is CCCCCC[C@H](C)OC(=O)c1ccc(-c2ccc(OC(=O)c3ccc(C(=O)Oc4ccc(-c5ccc(C(=O)O[C@@H](C)CCCCCC)cc5)cc4)c(Br)c3)cc2)cc1. The summed E-state index contributed by atoms with van der Waals surface area (Å²) >= 11 is 3.41. The standard InChI is InChI=1S/C50H53BrO8/c1-5-7-9-11-13-34(3)56-47(52)40-19-15-36(16-20-40)38-23-28-43(29-24-38)58-49(54)42-27-32-45(46(51)33-42)50(55)59-44-30-25-39(26-31-44)37-17-21-41(22-18-37)48(53)57-35(4)14-12-10-8-6-2/h15-35H,5-14H2,1-4H3/t34-,35-/m0/s1. The molecule has 59 heavy (non-hydrogen) atoms. The highest BCUT2D eigenvalue weighted by molar-refractivity contribution is 9.10. The van der Waals surface area contributed by atoms with Crippen LogP contribution in [0, 0.1) is 0 Å². The van der Waals surface area contributed by atoms with Gasteiger partial charge in [-0.2, -0.15) is 0 Å². The van der Waals surface area contributed by atoms with E-state index < -0.39 is 11.9 Å². The molecular weight excluding hydrogens is 808 g/mol. The van der Waals surface area contributed by atoms with Gasteiger partial charge >= 0.3 is 23.9 Å². The molecule has 0 fully saturated rings. The summed E-state index contributed by atoms with van der Waals surface area (Å²) in [6.07, 6.45) is 10.6. The molecule has 0 aliphatic heterocycles. The second-order valence-corrected chi connectivity index (χ2v) is 15.7. The summed E-state index contributed by atoms with van der Waals surface area (Å²) in [7, 11) is 0. The van der Waals surface area contributed by atoms with Gasteiger partial charge < -0.3 is 18.9 Å². The smallest absolute Gasteiger partial charge is 0.344 e. The van der Waals surface area contributed by atoms with Crippen molar-refractivity contribution in [3.05, 3.63) is 142 Å². The minimum Gasteiger partial charge on any atom is -0.459 e. The van der Waals surface area contributed by atoms with E-state index in [2.05, 4.69) is 29.8 Å². The van der Waals surface area contributed by atoms with Crippen LogP contribution < -0.4 is 9.47 Å². The van der Waals surface area contributed by atoms with Crippen LogP contribution in [0.5, 0.6) is 11.5 Å². The molecule has 5 aromatic rings. The highest BCUT2D eigenvalue weighted by Crippen LogP contribution is 2.28. The maximum atomic E-state index is 13.1. The largest absolute Gasteiger partial charge is 0.459 e. The van der Waals surface area contributed by atoms with E-state index in [4.69, 9.17) is 18.9 Å².